The Hall–Kier alpha value is -1.95. The first kappa shape index (κ1) is 12.5. The Bertz CT molecular complexity index is 587. The predicted octanol–water partition coefficient (Wildman–Crippen LogP) is 3.43. The van der Waals surface area contributed by atoms with E-state index in [-0.39, 0.29) is 11.4 Å². The number of carboxylic acids is 1. The number of hydrogen-bond donors (Lipinski definition) is 2. The molecule has 0 aliphatic rings. The molecule has 0 aliphatic carbocycles. The summed E-state index contributed by atoms with van der Waals surface area (Å²) in [5.74, 6) is -0.906. The topological polar surface area (TPSA) is 62.2 Å². The van der Waals surface area contributed by atoms with Crippen molar-refractivity contribution >= 4 is 33.4 Å². The standard InChI is InChI=1S/C12H8BrFN2O2/c13-10-5-7(12(17)18)6-15-11(10)16-9-3-1-8(14)2-4-9/h1-6H,(H,15,16)(H,17,18). The second kappa shape index (κ2) is 5.14. The number of rotatable bonds is 3. The average molecular weight is 311 g/mol. The van der Waals surface area contributed by atoms with Crippen LogP contribution in [0.3, 0.4) is 0 Å². The highest BCUT2D eigenvalue weighted by Crippen LogP contribution is 2.24. The van der Waals surface area contributed by atoms with Crippen LogP contribution in [0, 0.1) is 5.82 Å². The van der Waals surface area contributed by atoms with Crippen molar-refractivity contribution in [1.82, 2.24) is 4.98 Å². The third-order valence-electron chi connectivity index (χ3n) is 2.20. The van der Waals surface area contributed by atoms with Gasteiger partial charge in [-0.15, -0.1) is 0 Å². The summed E-state index contributed by atoms with van der Waals surface area (Å²) >= 11 is 3.22. The molecule has 18 heavy (non-hydrogen) atoms. The number of hydrogen-bond acceptors (Lipinski definition) is 3. The lowest BCUT2D eigenvalue weighted by atomic mass is 10.2. The molecule has 2 N–H and O–H groups in total. The van der Waals surface area contributed by atoms with Crippen LogP contribution in [0.4, 0.5) is 15.9 Å². The zero-order valence-corrected chi connectivity index (χ0v) is 10.6. The van der Waals surface area contributed by atoms with Gasteiger partial charge in [0.2, 0.25) is 0 Å². The van der Waals surface area contributed by atoms with E-state index in [2.05, 4.69) is 26.2 Å². The SMILES string of the molecule is O=C(O)c1cnc(Nc2ccc(F)cc2)c(Br)c1. The fourth-order valence-electron chi connectivity index (χ4n) is 1.32. The highest BCUT2D eigenvalue weighted by atomic mass is 79.9. The predicted molar refractivity (Wildman–Crippen MR) is 68.6 cm³/mol. The molecule has 0 radical (unpaired) electrons. The molecule has 0 aliphatic heterocycles. The lowest BCUT2D eigenvalue weighted by Gasteiger charge is -2.07. The molecule has 0 unspecified atom stereocenters. The fraction of sp³-hybridized carbons (Fsp3) is 0. The summed E-state index contributed by atoms with van der Waals surface area (Å²) in [7, 11) is 0. The number of nitrogens with one attached hydrogen (secondary N) is 1. The van der Waals surface area contributed by atoms with Gasteiger partial charge in [-0.05, 0) is 46.3 Å². The van der Waals surface area contributed by atoms with Gasteiger partial charge in [0.25, 0.3) is 0 Å². The minimum absolute atomic E-state index is 0.0894. The third kappa shape index (κ3) is 2.84. The van der Waals surface area contributed by atoms with E-state index < -0.39 is 5.97 Å². The first-order chi connectivity index (χ1) is 8.56. The van der Waals surface area contributed by atoms with Crippen LogP contribution in [0.2, 0.25) is 0 Å². The fourth-order valence-corrected chi connectivity index (χ4v) is 1.76. The van der Waals surface area contributed by atoms with Crippen LogP contribution in [-0.4, -0.2) is 16.1 Å². The monoisotopic (exact) mass is 310 g/mol. The van der Waals surface area contributed by atoms with Gasteiger partial charge in [-0.25, -0.2) is 14.2 Å². The highest BCUT2D eigenvalue weighted by Gasteiger charge is 2.08. The number of pyridine rings is 1. The lowest BCUT2D eigenvalue weighted by Crippen LogP contribution is -2.00. The van der Waals surface area contributed by atoms with Crippen LogP contribution in [-0.2, 0) is 0 Å². The van der Waals surface area contributed by atoms with Crippen LogP contribution in [0.25, 0.3) is 0 Å². The first-order valence-electron chi connectivity index (χ1n) is 4.97. The number of anilines is 2. The molecular formula is C12H8BrFN2O2. The smallest absolute Gasteiger partial charge is 0.337 e. The zero-order valence-electron chi connectivity index (χ0n) is 9.02. The zero-order chi connectivity index (χ0) is 13.1. The van der Waals surface area contributed by atoms with Crippen LogP contribution >= 0.6 is 15.9 Å². The van der Waals surface area contributed by atoms with E-state index in [0.717, 1.165) is 0 Å². The molecule has 1 aromatic heterocycles. The summed E-state index contributed by atoms with van der Waals surface area (Å²) in [4.78, 5) is 14.7. The summed E-state index contributed by atoms with van der Waals surface area (Å²) in [6, 6.07) is 7.22. The van der Waals surface area contributed by atoms with Crippen LogP contribution in [0.5, 0.6) is 0 Å². The Morgan fingerprint density at radius 1 is 1.33 bits per heavy atom. The Morgan fingerprint density at radius 3 is 2.56 bits per heavy atom. The molecule has 0 saturated carbocycles. The molecule has 2 rings (SSSR count). The van der Waals surface area contributed by atoms with Gasteiger partial charge in [0.1, 0.15) is 11.6 Å². The maximum atomic E-state index is 12.7. The number of aromatic carboxylic acids is 1. The number of carboxylic acid groups (broad SMARTS) is 1. The summed E-state index contributed by atoms with van der Waals surface area (Å²) < 4.78 is 13.2. The van der Waals surface area contributed by atoms with Crippen molar-refractivity contribution in [2.45, 2.75) is 0 Å². The van der Waals surface area contributed by atoms with Crippen molar-refractivity contribution in [1.29, 1.82) is 0 Å². The van der Waals surface area contributed by atoms with Gasteiger partial charge in [0.05, 0.1) is 10.0 Å². The molecule has 0 atom stereocenters. The molecule has 1 heterocycles. The van der Waals surface area contributed by atoms with E-state index in [0.29, 0.717) is 16.0 Å². The molecule has 0 spiro atoms. The van der Waals surface area contributed by atoms with Gasteiger partial charge < -0.3 is 10.4 Å². The maximum absolute atomic E-state index is 12.7. The van der Waals surface area contributed by atoms with Gasteiger partial charge >= 0.3 is 5.97 Å². The van der Waals surface area contributed by atoms with Crippen molar-refractivity contribution in [3.05, 3.63) is 52.4 Å². The maximum Gasteiger partial charge on any atom is 0.337 e. The van der Waals surface area contributed by atoms with E-state index in [1.54, 1.807) is 12.1 Å². The Morgan fingerprint density at radius 2 is 2.00 bits per heavy atom. The molecule has 0 amide bonds. The number of aromatic nitrogens is 1. The molecule has 0 fully saturated rings. The number of nitrogens with zero attached hydrogens (tertiary/aromatic N) is 1. The third-order valence-corrected chi connectivity index (χ3v) is 2.80. The van der Waals surface area contributed by atoms with Crippen molar-refractivity contribution in [3.63, 3.8) is 0 Å². The van der Waals surface area contributed by atoms with E-state index >= 15 is 0 Å². The van der Waals surface area contributed by atoms with Crippen LogP contribution in [0.1, 0.15) is 10.4 Å². The molecule has 4 nitrogen and oxygen atoms in total. The molecule has 2 aromatic rings. The molecule has 1 aromatic carbocycles. The van der Waals surface area contributed by atoms with Crippen molar-refractivity contribution in [2.75, 3.05) is 5.32 Å². The summed E-state index contributed by atoms with van der Waals surface area (Å²) in [6.07, 6.45) is 1.25. The second-order valence-electron chi connectivity index (χ2n) is 3.49. The van der Waals surface area contributed by atoms with Crippen LogP contribution < -0.4 is 5.32 Å². The van der Waals surface area contributed by atoms with Gasteiger partial charge in [-0.2, -0.15) is 0 Å². The Kier molecular flexibility index (Phi) is 3.57. The normalized spacial score (nSPS) is 10.1. The summed E-state index contributed by atoms with van der Waals surface area (Å²) in [5, 5.41) is 11.7. The number of carbonyl (C=O) groups is 1. The average Bonchev–Trinajstić information content (AvgIpc) is 2.34. The molecule has 0 saturated heterocycles. The van der Waals surface area contributed by atoms with E-state index in [1.165, 1.54) is 24.4 Å². The first-order valence-corrected chi connectivity index (χ1v) is 5.77. The van der Waals surface area contributed by atoms with Crippen molar-refractivity contribution in [2.24, 2.45) is 0 Å². The van der Waals surface area contributed by atoms with Crippen LogP contribution in [0.15, 0.2) is 41.0 Å². The molecule has 6 heteroatoms. The molecule has 0 bridgehead atoms. The van der Waals surface area contributed by atoms with E-state index in [1.807, 2.05) is 0 Å². The summed E-state index contributed by atoms with van der Waals surface area (Å²) in [6.45, 7) is 0. The van der Waals surface area contributed by atoms with E-state index in [9.17, 15) is 9.18 Å². The Balaban J connectivity index is 2.24. The number of benzene rings is 1. The Labute approximate surface area is 111 Å². The van der Waals surface area contributed by atoms with Gasteiger partial charge in [-0.3, -0.25) is 0 Å². The quantitative estimate of drug-likeness (QED) is 0.911. The minimum Gasteiger partial charge on any atom is -0.478 e. The van der Waals surface area contributed by atoms with Crippen molar-refractivity contribution in [3.8, 4) is 0 Å². The lowest BCUT2D eigenvalue weighted by molar-refractivity contribution is 0.0696. The van der Waals surface area contributed by atoms with Crippen molar-refractivity contribution < 1.29 is 14.3 Å². The summed E-state index contributed by atoms with van der Waals surface area (Å²) in [5.41, 5.74) is 0.749. The second-order valence-corrected chi connectivity index (χ2v) is 4.35. The highest BCUT2D eigenvalue weighted by molar-refractivity contribution is 9.10. The van der Waals surface area contributed by atoms with E-state index in [4.69, 9.17) is 5.11 Å². The van der Waals surface area contributed by atoms with Gasteiger partial charge in [-0.1, -0.05) is 0 Å². The minimum atomic E-state index is -1.04. The molecule has 92 valence electrons. The largest absolute Gasteiger partial charge is 0.478 e. The van der Waals surface area contributed by atoms with Gasteiger partial charge in [0, 0.05) is 11.9 Å². The van der Waals surface area contributed by atoms with Gasteiger partial charge in [0.15, 0.2) is 0 Å². The number of halogens is 2. The molecular weight excluding hydrogens is 303 g/mol.